The van der Waals surface area contributed by atoms with Gasteiger partial charge >= 0.3 is 6.09 Å². The number of amides is 1. The SMILES string of the molecule is CCNC(=NCCCOCCOC)NCCN1CCN(C(=O)OC(C)(C)C)CC1.I. The van der Waals surface area contributed by atoms with Crippen LogP contribution in [0.5, 0.6) is 0 Å². The summed E-state index contributed by atoms with van der Waals surface area (Å²) < 4.78 is 15.8. The number of methoxy groups -OCH3 is 1. The molecule has 10 heteroatoms. The quantitative estimate of drug-likeness (QED) is 0.178. The standard InChI is InChI=1S/C20H41N5O4.HI/c1-6-21-18(22-8-7-15-28-17-16-27-5)23-9-10-24-11-13-25(14-12-24)19(26)29-20(2,3)4;/h6-17H2,1-5H3,(H2,21,22,23);1H. The van der Waals surface area contributed by atoms with Gasteiger partial charge in [-0.2, -0.15) is 0 Å². The Hall–Kier alpha value is -0.850. The van der Waals surface area contributed by atoms with Crippen molar-refractivity contribution in [3.05, 3.63) is 0 Å². The van der Waals surface area contributed by atoms with E-state index in [1.165, 1.54) is 0 Å². The number of hydrogen-bond acceptors (Lipinski definition) is 6. The lowest BCUT2D eigenvalue weighted by molar-refractivity contribution is 0.0147. The molecule has 1 rings (SSSR count). The second-order valence-corrected chi connectivity index (χ2v) is 7.96. The Morgan fingerprint density at radius 1 is 1.07 bits per heavy atom. The summed E-state index contributed by atoms with van der Waals surface area (Å²) in [4.78, 5) is 20.8. The maximum atomic E-state index is 12.1. The zero-order valence-electron chi connectivity index (χ0n) is 19.4. The first-order valence-electron chi connectivity index (χ1n) is 10.6. The minimum atomic E-state index is -0.448. The average molecular weight is 543 g/mol. The normalized spacial score (nSPS) is 15.5. The smallest absolute Gasteiger partial charge is 0.410 e. The molecule has 0 unspecified atom stereocenters. The molecule has 1 fully saturated rings. The molecule has 1 saturated heterocycles. The summed E-state index contributed by atoms with van der Waals surface area (Å²) in [7, 11) is 1.67. The molecule has 1 amide bonds. The van der Waals surface area contributed by atoms with Gasteiger partial charge in [-0.3, -0.25) is 9.89 Å². The van der Waals surface area contributed by atoms with Crippen LogP contribution in [0.15, 0.2) is 4.99 Å². The number of aliphatic imine (C=N–C) groups is 1. The topological polar surface area (TPSA) is 87.7 Å². The van der Waals surface area contributed by atoms with E-state index in [0.717, 1.165) is 51.6 Å². The summed E-state index contributed by atoms with van der Waals surface area (Å²) >= 11 is 0. The summed E-state index contributed by atoms with van der Waals surface area (Å²) in [5.41, 5.74) is -0.448. The van der Waals surface area contributed by atoms with Crippen LogP contribution >= 0.6 is 24.0 Å². The molecule has 0 radical (unpaired) electrons. The van der Waals surface area contributed by atoms with Gasteiger partial charge < -0.3 is 29.7 Å². The van der Waals surface area contributed by atoms with Crippen molar-refractivity contribution in [1.82, 2.24) is 20.4 Å². The zero-order chi connectivity index (χ0) is 21.5. The van der Waals surface area contributed by atoms with E-state index in [1.54, 1.807) is 12.0 Å². The monoisotopic (exact) mass is 543 g/mol. The van der Waals surface area contributed by atoms with Crippen LogP contribution in [0.25, 0.3) is 0 Å². The maximum absolute atomic E-state index is 12.1. The van der Waals surface area contributed by atoms with Crippen molar-refractivity contribution in [2.45, 2.75) is 39.7 Å². The molecule has 9 nitrogen and oxygen atoms in total. The minimum absolute atomic E-state index is 0. The van der Waals surface area contributed by atoms with E-state index in [0.29, 0.717) is 32.9 Å². The molecular weight excluding hydrogens is 501 g/mol. The molecule has 0 atom stereocenters. The lowest BCUT2D eigenvalue weighted by Crippen LogP contribution is -2.51. The lowest BCUT2D eigenvalue weighted by atomic mass is 10.2. The second kappa shape index (κ2) is 16.8. The summed E-state index contributed by atoms with van der Waals surface area (Å²) in [6, 6.07) is 0. The number of ether oxygens (including phenoxy) is 3. The van der Waals surface area contributed by atoms with Crippen molar-refractivity contribution in [3.8, 4) is 0 Å². The van der Waals surface area contributed by atoms with Gasteiger partial charge in [-0.05, 0) is 34.1 Å². The Balaban J connectivity index is 0.00000841. The first-order valence-corrected chi connectivity index (χ1v) is 10.6. The van der Waals surface area contributed by atoms with Crippen molar-refractivity contribution in [3.63, 3.8) is 0 Å². The van der Waals surface area contributed by atoms with Crippen molar-refractivity contribution >= 4 is 36.0 Å². The van der Waals surface area contributed by atoms with Gasteiger partial charge in [0.15, 0.2) is 5.96 Å². The summed E-state index contributed by atoms with van der Waals surface area (Å²) in [6.07, 6.45) is 0.662. The fourth-order valence-electron chi connectivity index (χ4n) is 2.76. The third-order valence-corrected chi connectivity index (χ3v) is 4.24. The van der Waals surface area contributed by atoms with Crippen LogP contribution in [-0.2, 0) is 14.2 Å². The van der Waals surface area contributed by atoms with E-state index >= 15 is 0 Å². The molecule has 0 saturated carbocycles. The number of rotatable bonds is 11. The fraction of sp³-hybridized carbons (Fsp3) is 0.900. The number of guanidine groups is 1. The number of carbonyl (C=O) groups is 1. The predicted octanol–water partition coefficient (Wildman–Crippen LogP) is 1.77. The molecule has 2 N–H and O–H groups in total. The first-order chi connectivity index (χ1) is 13.9. The molecular formula is C20H42IN5O4. The van der Waals surface area contributed by atoms with Gasteiger partial charge in [0.05, 0.1) is 13.2 Å². The third-order valence-electron chi connectivity index (χ3n) is 4.24. The zero-order valence-corrected chi connectivity index (χ0v) is 21.7. The number of piperazine rings is 1. The minimum Gasteiger partial charge on any atom is -0.444 e. The average Bonchev–Trinajstić information content (AvgIpc) is 2.66. The van der Waals surface area contributed by atoms with Crippen molar-refractivity contribution in [1.29, 1.82) is 0 Å². The molecule has 1 heterocycles. The molecule has 0 spiro atoms. The van der Waals surface area contributed by atoms with Gasteiger partial charge in [0.25, 0.3) is 0 Å². The number of halogens is 1. The van der Waals surface area contributed by atoms with Crippen LogP contribution in [0.3, 0.4) is 0 Å². The maximum Gasteiger partial charge on any atom is 0.410 e. The van der Waals surface area contributed by atoms with Gasteiger partial charge in [0.1, 0.15) is 5.60 Å². The van der Waals surface area contributed by atoms with Crippen LogP contribution in [0, 0.1) is 0 Å². The van der Waals surface area contributed by atoms with Crippen LogP contribution in [0.1, 0.15) is 34.1 Å². The molecule has 178 valence electrons. The highest BCUT2D eigenvalue weighted by Gasteiger charge is 2.25. The number of carbonyl (C=O) groups excluding carboxylic acids is 1. The Morgan fingerprint density at radius 3 is 2.37 bits per heavy atom. The highest BCUT2D eigenvalue weighted by molar-refractivity contribution is 14.0. The van der Waals surface area contributed by atoms with Crippen molar-refractivity contribution in [2.24, 2.45) is 4.99 Å². The van der Waals surface area contributed by atoms with E-state index in [1.807, 2.05) is 20.8 Å². The van der Waals surface area contributed by atoms with Gasteiger partial charge in [-0.1, -0.05) is 0 Å². The Morgan fingerprint density at radius 2 is 1.77 bits per heavy atom. The fourth-order valence-corrected chi connectivity index (χ4v) is 2.76. The highest BCUT2D eigenvalue weighted by atomic mass is 127. The van der Waals surface area contributed by atoms with Crippen LogP contribution in [0.4, 0.5) is 4.79 Å². The van der Waals surface area contributed by atoms with E-state index in [2.05, 4.69) is 27.4 Å². The van der Waals surface area contributed by atoms with Gasteiger partial charge in [-0.15, -0.1) is 24.0 Å². The van der Waals surface area contributed by atoms with Crippen LogP contribution < -0.4 is 10.6 Å². The first kappa shape index (κ1) is 29.1. The molecule has 1 aliphatic rings. The van der Waals surface area contributed by atoms with Gasteiger partial charge in [0, 0.05) is 66.1 Å². The summed E-state index contributed by atoms with van der Waals surface area (Å²) in [5.74, 6) is 0.830. The molecule has 0 aromatic carbocycles. The predicted molar refractivity (Wildman–Crippen MR) is 131 cm³/mol. The van der Waals surface area contributed by atoms with Gasteiger partial charge in [-0.25, -0.2) is 4.79 Å². The molecule has 0 aromatic rings. The Labute approximate surface area is 199 Å². The van der Waals surface area contributed by atoms with E-state index < -0.39 is 5.60 Å². The molecule has 1 aliphatic heterocycles. The molecule has 0 aromatic heterocycles. The molecule has 30 heavy (non-hydrogen) atoms. The highest BCUT2D eigenvalue weighted by Crippen LogP contribution is 2.11. The Kier molecular flexibility index (Phi) is 16.3. The number of nitrogens with zero attached hydrogens (tertiary/aromatic N) is 3. The van der Waals surface area contributed by atoms with Crippen molar-refractivity contribution < 1.29 is 19.0 Å². The third kappa shape index (κ3) is 14.2. The van der Waals surface area contributed by atoms with E-state index in [-0.39, 0.29) is 30.1 Å². The molecule has 0 bridgehead atoms. The number of hydrogen-bond donors (Lipinski definition) is 2. The summed E-state index contributed by atoms with van der Waals surface area (Å²) in [5, 5.41) is 6.64. The molecule has 0 aliphatic carbocycles. The van der Waals surface area contributed by atoms with E-state index in [4.69, 9.17) is 14.2 Å². The Bertz CT molecular complexity index is 480. The van der Waals surface area contributed by atoms with E-state index in [9.17, 15) is 4.79 Å². The number of nitrogens with one attached hydrogen (secondary N) is 2. The second-order valence-electron chi connectivity index (χ2n) is 7.96. The summed E-state index contributed by atoms with van der Waals surface area (Å²) in [6.45, 7) is 16.0. The van der Waals surface area contributed by atoms with Crippen LogP contribution in [0.2, 0.25) is 0 Å². The lowest BCUT2D eigenvalue weighted by Gasteiger charge is -2.35. The van der Waals surface area contributed by atoms with Crippen molar-refractivity contribution in [2.75, 3.05) is 79.3 Å². The van der Waals surface area contributed by atoms with Crippen LogP contribution in [-0.4, -0.2) is 107 Å². The van der Waals surface area contributed by atoms with Gasteiger partial charge in [0.2, 0.25) is 0 Å². The largest absolute Gasteiger partial charge is 0.444 e.